The van der Waals surface area contributed by atoms with E-state index in [1.54, 1.807) is 23.1 Å². The second kappa shape index (κ2) is 8.41. The third-order valence-electron chi connectivity index (χ3n) is 4.12. The number of aromatic hydroxyl groups is 1. The number of hydrogen-bond donors (Lipinski definition) is 1. The maximum absolute atomic E-state index is 12.8. The number of allylic oxidation sites excluding steroid dienone is 1. The Kier molecular flexibility index (Phi) is 5.98. The van der Waals surface area contributed by atoms with Crippen molar-refractivity contribution in [2.45, 2.75) is 13.0 Å². The molecular weight excluding hydrogens is 378 g/mol. The molecule has 6 heteroatoms. The van der Waals surface area contributed by atoms with Crippen LogP contribution in [0.5, 0.6) is 11.5 Å². The minimum absolute atomic E-state index is 0.0891. The monoisotopic (exact) mass is 397 g/mol. The van der Waals surface area contributed by atoms with Crippen molar-refractivity contribution in [3.05, 3.63) is 76.7 Å². The molecule has 4 nitrogen and oxygen atoms in total. The van der Waals surface area contributed by atoms with Crippen LogP contribution in [0.2, 0.25) is 0 Å². The zero-order chi connectivity index (χ0) is 19.4. The van der Waals surface area contributed by atoms with Gasteiger partial charge in [0.2, 0.25) is 0 Å². The molecule has 27 heavy (non-hydrogen) atoms. The lowest BCUT2D eigenvalue weighted by atomic mass is 10.1. The lowest BCUT2D eigenvalue weighted by Crippen LogP contribution is -2.27. The molecule has 1 N–H and O–H groups in total. The molecule has 0 spiro atoms. The number of rotatable bonds is 6. The van der Waals surface area contributed by atoms with Gasteiger partial charge in [-0.25, -0.2) is 0 Å². The third-order valence-corrected chi connectivity index (χ3v) is 5.49. The molecule has 1 fully saturated rings. The topological polar surface area (TPSA) is 49.8 Å². The first-order valence-corrected chi connectivity index (χ1v) is 9.56. The molecule has 0 radical (unpaired) electrons. The minimum atomic E-state index is -0.119. The molecule has 0 bridgehead atoms. The van der Waals surface area contributed by atoms with Gasteiger partial charge in [0.15, 0.2) is 11.5 Å². The molecule has 1 aliphatic rings. The molecular formula is C21H19NO3S2. The van der Waals surface area contributed by atoms with Crippen LogP contribution in [0.1, 0.15) is 16.7 Å². The summed E-state index contributed by atoms with van der Waals surface area (Å²) in [5.41, 5.74) is 2.48. The number of ether oxygens (including phenoxy) is 1. The molecule has 1 amide bonds. The first-order chi connectivity index (χ1) is 13.0. The number of phenolic OH excluding ortho intramolecular Hbond substituents is 1. The lowest BCUT2D eigenvalue weighted by molar-refractivity contribution is -0.122. The largest absolute Gasteiger partial charge is 0.504 e. The van der Waals surface area contributed by atoms with E-state index in [0.717, 1.165) is 11.1 Å². The molecule has 1 saturated heterocycles. The molecule has 3 rings (SSSR count). The Hall–Kier alpha value is -2.57. The SMILES string of the molecule is C=CCc1cc(C=C2SC(=S)N(Cc3ccccc3)C2=O)cc(OC)c1O. The van der Waals surface area contributed by atoms with Crippen molar-refractivity contribution in [1.29, 1.82) is 0 Å². The summed E-state index contributed by atoms with van der Waals surface area (Å²) in [6, 6.07) is 13.3. The van der Waals surface area contributed by atoms with Crippen molar-refractivity contribution in [3.63, 3.8) is 0 Å². The van der Waals surface area contributed by atoms with E-state index in [1.165, 1.54) is 18.9 Å². The van der Waals surface area contributed by atoms with Gasteiger partial charge >= 0.3 is 0 Å². The Morgan fingerprint density at radius 1 is 1.30 bits per heavy atom. The maximum Gasteiger partial charge on any atom is 0.266 e. The average molecular weight is 398 g/mol. The Balaban J connectivity index is 1.89. The first kappa shape index (κ1) is 19.2. The third kappa shape index (κ3) is 4.23. The zero-order valence-electron chi connectivity index (χ0n) is 14.8. The molecule has 0 saturated carbocycles. The normalized spacial score (nSPS) is 15.4. The highest BCUT2D eigenvalue weighted by molar-refractivity contribution is 8.26. The van der Waals surface area contributed by atoms with Crippen LogP contribution in [0.15, 0.2) is 60.0 Å². The number of amides is 1. The van der Waals surface area contributed by atoms with E-state index in [1.807, 2.05) is 36.4 Å². The van der Waals surface area contributed by atoms with Gasteiger partial charge in [-0.15, -0.1) is 6.58 Å². The van der Waals surface area contributed by atoms with Gasteiger partial charge in [-0.05, 0) is 35.8 Å². The van der Waals surface area contributed by atoms with Crippen molar-refractivity contribution in [1.82, 2.24) is 4.90 Å². The predicted octanol–water partition coefficient (Wildman–Crippen LogP) is 4.53. The Labute approximate surface area is 168 Å². The average Bonchev–Trinajstić information content (AvgIpc) is 2.92. The number of phenols is 1. The highest BCUT2D eigenvalue weighted by Crippen LogP contribution is 2.36. The molecule has 2 aromatic carbocycles. The van der Waals surface area contributed by atoms with Crippen LogP contribution in [-0.4, -0.2) is 27.3 Å². The second-order valence-corrected chi connectivity index (χ2v) is 7.65. The van der Waals surface area contributed by atoms with Crippen molar-refractivity contribution in [2.24, 2.45) is 0 Å². The second-order valence-electron chi connectivity index (χ2n) is 5.98. The van der Waals surface area contributed by atoms with E-state index >= 15 is 0 Å². The fraction of sp³-hybridized carbons (Fsp3) is 0.143. The van der Waals surface area contributed by atoms with Crippen LogP contribution in [-0.2, 0) is 17.8 Å². The number of nitrogens with zero attached hydrogens (tertiary/aromatic N) is 1. The molecule has 138 valence electrons. The Bertz CT molecular complexity index is 923. The summed E-state index contributed by atoms with van der Waals surface area (Å²) in [6.45, 7) is 4.16. The summed E-state index contributed by atoms with van der Waals surface area (Å²) in [4.78, 5) is 15.0. The summed E-state index contributed by atoms with van der Waals surface area (Å²) in [7, 11) is 1.50. The molecule has 1 heterocycles. The first-order valence-electron chi connectivity index (χ1n) is 8.33. The van der Waals surface area contributed by atoms with Gasteiger partial charge in [-0.1, -0.05) is 60.4 Å². The van der Waals surface area contributed by atoms with E-state index in [4.69, 9.17) is 17.0 Å². The van der Waals surface area contributed by atoms with Crippen LogP contribution >= 0.6 is 24.0 Å². The fourth-order valence-electron chi connectivity index (χ4n) is 2.79. The molecule has 2 aromatic rings. The molecule has 0 aliphatic carbocycles. The highest BCUT2D eigenvalue weighted by Gasteiger charge is 2.32. The standard InChI is InChI=1S/C21H19NO3S2/c1-3-7-16-10-15(11-17(25-2)19(16)23)12-18-20(24)22(21(26)27-18)13-14-8-5-4-6-9-14/h3-6,8-12,23H,1,7,13H2,2H3. The van der Waals surface area contributed by atoms with Crippen LogP contribution in [0.4, 0.5) is 0 Å². The Morgan fingerprint density at radius 3 is 2.70 bits per heavy atom. The van der Waals surface area contributed by atoms with E-state index in [-0.39, 0.29) is 11.7 Å². The quantitative estimate of drug-likeness (QED) is 0.441. The zero-order valence-corrected chi connectivity index (χ0v) is 16.5. The van der Waals surface area contributed by atoms with Gasteiger partial charge in [0.1, 0.15) is 4.32 Å². The summed E-state index contributed by atoms with van der Waals surface area (Å²) in [6.07, 6.45) is 3.98. The van der Waals surface area contributed by atoms with Gasteiger partial charge in [-0.3, -0.25) is 9.69 Å². The Morgan fingerprint density at radius 2 is 2.04 bits per heavy atom. The van der Waals surface area contributed by atoms with Gasteiger partial charge in [0.05, 0.1) is 18.6 Å². The van der Waals surface area contributed by atoms with Gasteiger partial charge in [0.25, 0.3) is 5.91 Å². The van der Waals surface area contributed by atoms with Crippen LogP contribution in [0.25, 0.3) is 6.08 Å². The van der Waals surface area contributed by atoms with Crippen molar-refractivity contribution < 1.29 is 14.6 Å². The van der Waals surface area contributed by atoms with E-state index in [0.29, 0.717) is 33.5 Å². The number of carbonyl (C=O) groups is 1. The van der Waals surface area contributed by atoms with E-state index in [2.05, 4.69) is 6.58 Å². The lowest BCUT2D eigenvalue weighted by Gasteiger charge is -2.14. The number of carbonyl (C=O) groups excluding carboxylic acids is 1. The molecule has 0 atom stereocenters. The number of methoxy groups -OCH3 is 1. The van der Waals surface area contributed by atoms with Gasteiger partial charge < -0.3 is 9.84 Å². The number of thiocarbonyl (C=S) groups is 1. The van der Waals surface area contributed by atoms with Crippen LogP contribution < -0.4 is 4.74 Å². The summed E-state index contributed by atoms with van der Waals surface area (Å²) < 4.78 is 5.78. The minimum Gasteiger partial charge on any atom is -0.504 e. The summed E-state index contributed by atoms with van der Waals surface area (Å²) >= 11 is 6.67. The molecule has 0 unspecified atom stereocenters. The van der Waals surface area contributed by atoms with E-state index < -0.39 is 0 Å². The van der Waals surface area contributed by atoms with Crippen molar-refractivity contribution in [3.8, 4) is 11.5 Å². The smallest absolute Gasteiger partial charge is 0.266 e. The number of benzene rings is 2. The van der Waals surface area contributed by atoms with Gasteiger partial charge in [0, 0.05) is 5.56 Å². The predicted molar refractivity (Wildman–Crippen MR) is 114 cm³/mol. The van der Waals surface area contributed by atoms with Crippen LogP contribution in [0, 0.1) is 0 Å². The number of thioether (sulfide) groups is 1. The summed E-state index contributed by atoms with van der Waals surface area (Å²) in [5.74, 6) is 0.331. The summed E-state index contributed by atoms with van der Waals surface area (Å²) in [5, 5.41) is 10.2. The molecule has 0 aromatic heterocycles. The fourth-order valence-corrected chi connectivity index (χ4v) is 4.05. The number of hydrogen-bond acceptors (Lipinski definition) is 5. The highest BCUT2D eigenvalue weighted by atomic mass is 32.2. The van der Waals surface area contributed by atoms with Crippen molar-refractivity contribution >= 4 is 40.3 Å². The van der Waals surface area contributed by atoms with Crippen LogP contribution in [0.3, 0.4) is 0 Å². The van der Waals surface area contributed by atoms with Gasteiger partial charge in [-0.2, -0.15) is 0 Å². The van der Waals surface area contributed by atoms with E-state index in [9.17, 15) is 9.90 Å². The maximum atomic E-state index is 12.8. The van der Waals surface area contributed by atoms with Crippen molar-refractivity contribution in [2.75, 3.05) is 7.11 Å². The molecule has 1 aliphatic heterocycles.